The van der Waals surface area contributed by atoms with Crippen molar-refractivity contribution in [3.63, 3.8) is 0 Å². The number of nitrogens with one attached hydrogen (secondary N) is 1. The molecule has 19 heavy (non-hydrogen) atoms. The second-order valence-corrected chi connectivity index (χ2v) is 6.71. The molecule has 0 saturated carbocycles. The molecule has 0 bridgehead atoms. The number of aromatic nitrogens is 1. The quantitative estimate of drug-likeness (QED) is 0.754. The molecule has 0 spiro atoms. The summed E-state index contributed by atoms with van der Waals surface area (Å²) < 4.78 is 0. The maximum atomic E-state index is 4.34. The lowest BCUT2D eigenvalue weighted by atomic mass is 10.1. The van der Waals surface area contributed by atoms with Crippen LogP contribution in [0.25, 0.3) is 0 Å². The minimum Gasteiger partial charge on any atom is -0.315 e. The van der Waals surface area contributed by atoms with E-state index in [-0.39, 0.29) is 0 Å². The molecule has 1 aromatic heterocycles. The molecule has 0 aliphatic heterocycles. The van der Waals surface area contributed by atoms with Gasteiger partial charge in [0, 0.05) is 24.0 Å². The molecule has 1 atom stereocenters. The summed E-state index contributed by atoms with van der Waals surface area (Å²) in [6, 6.07) is 0.616. The van der Waals surface area contributed by atoms with Gasteiger partial charge in [0.15, 0.2) is 0 Å². The van der Waals surface area contributed by atoms with Crippen LogP contribution in [0.5, 0.6) is 0 Å². The lowest BCUT2D eigenvalue weighted by molar-refractivity contribution is 0.214. The topological polar surface area (TPSA) is 28.2 Å². The SMILES string of the molecule is CCCC(CNCC(C)C)N(C)Cc1scnc1C. The summed E-state index contributed by atoms with van der Waals surface area (Å²) in [4.78, 5) is 8.20. The first-order chi connectivity index (χ1) is 9.04. The number of thiazole rings is 1. The average Bonchev–Trinajstić information content (AvgIpc) is 2.73. The number of rotatable bonds is 9. The third kappa shape index (κ3) is 6.02. The predicted octanol–water partition coefficient (Wildman–Crippen LogP) is 3.30. The average molecular weight is 283 g/mol. The molecule has 3 nitrogen and oxygen atoms in total. The molecule has 0 aromatic carbocycles. The van der Waals surface area contributed by atoms with Crippen LogP contribution in [0.3, 0.4) is 0 Å². The van der Waals surface area contributed by atoms with Crippen molar-refractivity contribution in [3.05, 3.63) is 16.1 Å². The highest BCUT2D eigenvalue weighted by atomic mass is 32.1. The van der Waals surface area contributed by atoms with Crippen LogP contribution in [0.1, 0.15) is 44.2 Å². The van der Waals surface area contributed by atoms with Gasteiger partial charge in [0.2, 0.25) is 0 Å². The molecule has 1 heterocycles. The molecule has 1 aromatic rings. The third-order valence-electron chi connectivity index (χ3n) is 3.42. The van der Waals surface area contributed by atoms with Crippen molar-refractivity contribution in [1.82, 2.24) is 15.2 Å². The summed E-state index contributed by atoms with van der Waals surface area (Å²) in [7, 11) is 2.23. The summed E-state index contributed by atoms with van der Waals surface area (Å²) in [5.74, 6) is 0.719. The molecule has 0 fully saturated rings. The van der Waals surface area contributed by atoms with Crippen LogP contribution in [-0.4, -0.2) is 36.1 Å². The van der Waals surface area contributed by atoms with Crippen LogP contribution in [0.2, 0.25) is 0 Å². The number of hydrogen-bond donors (Lipinski definition) is 1. The zero-order chi connectivity index (χ0) is 14.3. The Kier molecular flexibility index (Phi) is 7.57. The summed E-state index contributed by atoms with van der Waals surface area (Å²) >= 11 is 1.77. The minimum atomic E-state index is 0.616. The Bertz CT molecular complexity index is 349. The zero-order valence-corrected chi connectivity index (χ0v) is 13.9. The van der Waals surface area contributed by atoms with E-state index in [0.717, 1.165) is 25.6 Å². The molecule has 0 amide bonds. The second kappa shape index (κ2) is 8.67. The van der Waals surface area contributed by atoms with E-state index >= 15 is 0 Å². The van der Waals surface area contributed by atoms with Gasteiger partial charge in [0.05, 0.1) is 11.2 Å². The van der Waals surface area contributed by atoms with Crippen molar-refractivity contribution < 1.29 is 0 Å². The normalized spacial score (nSPS) is 13.4. The van der Waals surface area contributed by atoms with E-state index in [1.165, 1.54) is 23.4 Å². The largest absolute Gasteiger partial charge is 0.315 e. The zero-order valence-electron chi connectivity index (χ0n) is 13.1. The molecular weight excluding hydrogens is 254 g/mol. The summed E-state index contributed by atoms with van der Waals surface area (Å²) in [5, 5.41) is 3.59. The van der Waals surface area contributed by atoms with Crippen LogP contribution >= 0.6 is 11.3 Å². The minimum absolute atomic E-state index is 0.616. The molecule has 1 N–H and O–H groups in total. The van der Waals surface area contributed by atoms with Crippen molar-refractivity contribution >= 4 is 11.3 Å². The Morgan fingerprint density at radius 2 is 2.11 bits per heavy atom. The van der Waals surface area contributed by atoms with Gasteiger partial charge in [0.1, 0.15) is 0 Å². The fraction of sp³-hybridized carbons (Fsp3) is 0.800. The van der Waals surface area contributed by atoms with Crippen molar-refractivity contribution in [2.24, 2.45) is 5.92 Å². The molecule has 0 saturated heterocycles. The van der Waals surface area contributed by atoms with Gasteiger partial charge in [-0.05, 0) is 32.9 Å². The summed E-state index contributed by atoms with van der Waals surface area (Å²) in [5.41, 5.74) is 3.13. The number of aryl methyl sites for hydroxylation is 1. The predicted molar refractivity (Wildman–Crippen MR) is 84.7 cm³/mol. The Balaban J connectivity index is 2.47. The molecule has 0 aliphatic carbocycles. The van der Waals surface area contributed by atoms with Gasteiger partial charge in [-0.15, -0.1) is 11.3 Å². The van der Waals surface area contributed by atoms with Crippen LogP contribution in [0.4, 0.5) is 0 Å². The molecule has 0 radical (unpaired) electrons. The maximum Gasteiger partial charge on any atom is 0.0798 e. The Morgan fingerprint density at radius 1 is 1.37 bits per heavy atom. The monoisotopic (exact) mass is 283 g/mol. The highest BCUT2D eigenvalue weighted by Crippen LogP contribution is 2.16. The highest BCUT2D eigenvalue weighted by Gasteiger charge is 2.15. The van der Waals surface area contributed by atoms with Crippen molar-refractivity contribution in [2.45, 2.75) is 53.1 Å². The van der Waals surface area contributed by atoms with Gasteiger partial charge in [-0.3, -0.25) is 4.90 Å². The van der Waals surface area contributed by atoms with E-state index in [1.54, 1.807) is 11.3 Å². The molecule has 0 aliphatic rings. The first-order valence-electron chi connectivity index (χ1n) is 7.34. The van der Waals surface area contributed by atoms with Gasteiger partial charge in [0.25, 0.3) is 0 Å². The Hall–Kier alpha value is -0.450. The lowest BCUT2D eigenvalue weighted by Gasteiger charge is -2.28. The standard InChI is InChI=1S/C15H29N3S/c1-6-7-14(9-16-8-12(2)3)18(5)10-15-13(4)17-11-19-15/h11-12,14,16H,6-10H2,1-5H3. The van der Waals surface area contributed by atoms with E-state index in [9.17, 15) is 0 Å². The van der Waals surface area contributed by atoms with E-state index in [2.05, 4.69) is 49.9 Å². The first-order valence-corrected chi connectivity index (χ1v) is 8.22. The molecule has 1 unspecified atom stereocenters. The Labute approximate surface area is 122 Å². The second-order valence-electron chi connectivity index (χ2n) is 5.77. The Morgan fingerprint density at radius 3 is 2.63 bits per heavy atom. The van der Waals surface area contributed by atoms with Gasteiger partial charge in [-0.25, -0.2) is 4.98 Å². The molecule has 4 heteroatoms. The highest BCUT2D eigenvalue weighted by molar-refractivity contribution is 7.09. The lowest BCUT2D eigenvalue weighted by Crippen LogP contribution is -2.40. The summed E-state index contributed by atoms with van der Waals surface area (Å²) in [6.45, 7) is 12.1. The van der Waals surface area contributed by atoms with E-state index in [4.69, 9.17) is 0 Å². The van der Waals surface area contributed by atoms with Crippen LogP contribution in [0.15, 0.2) is 5.51 Å². The van der Waals surface area contributed by atoms with Crippen LogP contribution < -0.4 is 5.32 Å². The molecule has 110 valence electrons. The van der Waals surface area contributed by atoms with Crippen LogP contribution in [0, 0.1) is 12.8 Å². The van der Waals surface area contributed by atoms with Crippen molar-refractivity contribution in [2.75, 3.05) is 20.1 Å². The maximum absolute atomic E-state index is 4.34. The first kappa shape index (κ1) is 16.6. The van der Waals surface area contributed by atoms with E-state index in [1.807, 2.05) is 5.51 Å². The van der Waals surface area contributed by atoms with Gasteiger partial charge in [-0.1, -0.05) is 27.2 Å². The van der Waals surface area contributed by atoms with E-state index in [0.29, 0.717) is 6.04 Å². The van der Waals surface area contributed by atoms with Crippen LogP contribution in [-0.2, 0) is 6.54 Å². The number of likely N-dealkylation sites (N-methyl/N-ethyl adjacent to an activating group) is 1. The number of nitrogens with zero attached hydrogens (tertiary/aromatic N) is 2. The molecular formula is C15H29N3S. The smallest absolute Gasteiger partial charge is 0.0798 e. The number of hydrogen-bond acceptors (Lipinski definition) is 4. The van der Waals surface area contributed by atoms with Gasteiger partial charge in [-0.2, -0.15) is 0 Å². The third-order valence-corrected chi connectivity index (χ3v) is 4.34. The summed E-state index contributed by atoms with van der Waals surface area (Å²) in [6.07, 6.45) is 2.49. The van der Waals surface area contributed by atoms with Crippen molar-refractivity contribution in [3.8, 4) is 0 Å². The van der Waals surface area contributed by atoms with Crippen molar-refractivity contribution in [1.29, 1.82) is 0 Å². The van der Waals surface area contributed by atoms with Gasteiger partial charge >= 0.3 is 0 Å². The fourth-order valence-corrected chi connectivity index (χ4v) is 3.02. The van der Waals surface area contributed by atoms with E-state index < -0.39 is 0 Å². The van der Waals surface area contributed by atoms with Gasteiger partial charge < -0.3 is 5.32 Å². The molecule has 1 rings (SSSR count). The fourth-order valence-electron chi connectivity index (χ4n) is 2.18.